The highest BCUT2D eigenvalue weighted by atomic mass is 16.3. The Kier molecular flexibility index (Phi) is 3.20. The molecule has 0 aliphatic heterocycles. The van der Waals surface area contributed by atoms with E-state index in [0.29, 0.717) is 5.39 Å². The van der Waals surface area contributed by atoms with Crippen LogP contribution in [0.1, 0.15) is 10.6 Å². The van der Waals surface area contributed by atoms with Crippen LogP contribution in [-0.4, -0.2) is 18.4 Å². The van der Waals surface area contributed by atoms with E-state index in [4.69, 9.17) is 10.2 Å². The molecule has 18 heavy (non-hydrogen) atoms. The van der Waals surface area contributed by atoms with Crippen molar-refractivity contribution in [2.75, 3.05) is 6.54 Å². The van der Waals surface area contributed by atoms with E-state index >= 15 is 0 Å². The van der Waals surface area contributed by atoms with Crippen molar-refractivity contribution in [3.05, 3.63) is 46.3 Å². The molecule has 0 spiro atoms. The molecule has 0 atom stereocenters. The number of nitrogens with two attached hydrogens (primary N) is 1. The van der Waals surface area contributed by atoms with E-state index in [1.807, 2.05) is 5.32 Å². The van der Waals surface area contributed by atoms with Gasteiger partial charge in [-0.3, -0.25) is 19.7 Å². The molecule has 0 fully saturated rings. The third kappa shape index (κ3) is 2.28. The molecule has 2 aromatic rings. The van der Waals surface area contributed by atoms with Crippen molar-refractivity contribution < 1.29 is 14.0 Å². The lowest BCUT2D eigenvalue weighted by Crippen LogP contribution is -2.35. The van der Waals surface area contributed by atoms with Gasteiger partial charge in [-0.05, 0) is 12.1 Å². The number of carbonyl (C=O) groups is 2. The van der Waals surface area contributed by atoms with Crippen LogP contribution in [0.15, 0.2) is 39.5 Å². The van der Waals surface area contributed by atoms with Crippen molar-refractivity contribution >= 4 is 22.8 Å². The van der Waals surface area contributed by atoms with Crippen LogP contribution in [0.2, 0.25) is 0 Å². The van der Waals surface area contributed by atoms with Gasteiger partial charge in [-0.25, -0.2) is 0 Å². The molecule has 0 aliphatic carbocycles. The standard InChI is InChI=1S/C12H10N2O4/c13-6-11(16)14-12(17)10-5-8(15)7-3-1-2-4-9(7)18-10/h1-5H,6,13H2,(H,14,16,17). The van der Waals surface area contributed by atoms with Crippen molar-refractivity contribution in [2.45, 2.75) is 0 Å². The largest absolute Gasteiger partial charge is 0.451 e. The Morgan fingerprint density at radius 1 is 1.28 bits per heavy atom. The predicted molar refractivity (Wildman–Crippen MR) is 64.0 cm³/mol. The quantitative estimate of drug-likeness (QED) is 0.776. The first kappa shape index (κ1) is 12.0. The molecule has 1 aromatic carbocycles. The molecule has 0 saturated heterocycles. The van der Waals surface area contributed by atoms with Gasteiger partial charge in [0.15, 0.2) is 11.2 Å². The molecular weight excluding hydrogens is 236 g/mol. The Bertz CT molecular complexity index is 675. The summed E-state index contributed by atoms with van der Waals surface area (Å²) in [7, 11) is 0. The van der Waals surface area contributed by atoms with Crippen LogP contribution >= 0.6 is 0 Å². The highest BCUT2D eigenvalue weighted by Gasteiger charge is 2.14. The van der Waals surface area contributed by atoms with Crippen molar-refractivity contribution in [1.29, 1.82) is 0 Å². The molecule has 1 heterocycles. The van der Waals surface area contributed by atoms with Gasteiger partial charge in [-0.1, -0.05) is 12.1 Å². The van der Waals surface area contributed by atoms with E-state index in [0.717, 1.165) is 6.07 Å². The molecule has 2 rings (SSSR count). The number of hydrogen-bond donors (Lipinski definition) is 2. The van der Waals surface area contributed by atoms with Crippen molar-refractivity contribution in [2.24, 2.45) is 5.73 Å². The summed E-state index contributed by atoms with van der Waals surface area (Å²) in [5.74, 6) is -1.65. The number of nitrogens with one attached hydrogen (secondary N) is 1. The third-order valence-corrected chi connectivity index (χ3v) is 2.30. The molecule has 0 radical (unpaired) electrons. The minimum atomic E-state index is -0.784. The first-order chi connectivity index (χ1) is 8.61. The number of benzene rings is 1. The Hall–Kier alpha value is -2.47. The Labute approximate surface area is 101 Å². The average molecular weight is 246 g/mol. The number of imide groups is 1. The Balaban J connectivity index is 2.44. The summed E-state index contributed by atoms with van der Waals surface area (Å²) in [5, 5.41) is 2.38. The molecule has 0 bridgehead atoms. The summed E-state index contributed by atoms with van der Waals surface area (Å²) in [5.41, 5.74) is 5.00. The molecule has 0 saturated carbocycles. The zero-order valence-electron chi connectivity index (χ0n) is 9.30. The van der Waals surface area contributed by atoms with Crippen LogP contribution in [0, 0.1) is 0 Å². The molecule has 1 aromatic heterocycles. The van der Waals surface area contributed by atoms with E-state index < -0.39 is 11.8 Å². The van der Waals surface area contributed by atoms with Gasteiger partial charge in [-0.2, -0.15) is 0 Å². The summed E-state index contributed by atoms with van der Waals surface area (Å²) in [6.07, 6.45) is 0. The lowest BCUT2D eigenvalue weighted by atomic mass is 10.2. The van der Waals surface area contributed by atoms with Gasteiger partial charge in [0, 0.05) is 6.07 Å². The normalized spacial score (nSPS) is 10.3. The lowest BCUT2D eigenvalue weighted by Gasteiger charge is -2.02. The van der Waals surface area contributed by atoms with Crippen LogP contribution in [0.3, 0.4) is 0 Å². The topological polar surface area (TPSA) is 102 Å². The number of fused-ring (bicyclic) bond motifs is 1. The Morgan fingerprint density at radius 3 is 2.72 bits per heavy atom. The van der Waals surface area contributed by atoms with E-state index in [1.54, 1.807) is 24.3 Å². The second-order valence-corrected chi connectivity index (χ2v) is 3.55. The summed E-state index contributed by atoms with van der Waals surface area (Å²) in [6.45, 7) is -0.316. The van der Waals surface area contributed by atoms with Gasteiger partial charge < -0.3 is 10.2 Å². The first-order valence-electron chi connectivity index (χ1n) is 5.19. The first-order valence-corrected chi connectivity index (χ1v) is 5.19. The van der Waals surface area contributed by atoms with E-state index in [9.17, 15) is 14.4 Å². The smallest absolute Gasteiger partial charge is 0.293 e. The van der Waals surface area contributed by atoms with Gasteiger partial charge in [0.1, 0.15) is 5.58 Å². The van der Waals surface area contributed by atoms with Gasteiger partial charge in [0.25, 0.3) is 5.91 Å². The Morgan fingerprint density at radius 2 is 2.00 bits per heavy atom. The van der Waals surface area contributed by atoms with E-state index in [-0.39, 0.29) is 23.3 Å². The zero-order valence-corrected chi connectivity index (χ0v) is 9.30. The van der Waals surface area contributed by atoms with E-state index in [1.165, 1.54) is 0 Å². The summed E-state index contributed by atoms with van der Waals surface area (Å²) in [6, 6.07) is 7.57. The molecule has 3 N–H and O–H groups in total. The van der Waals surface area contributed by atoms with Crippen LogP contribution in [0.4, 0.5) is 0 Å². The maximum absolute atomic E-state index is 11.7. The van der Waals surface area contributed by atoms with Crippen LogP contribution < -0.4 is 16.5 Å². The molecule has 92 valence electrons. The second kappa shape index (κ2) is 4.80. The second-order valence-electron chi connectivity index (χ2n) is 3.55. The maximum Gasteiger partial charge on any atom is 0.293 e. The number of amides is 2. The fourth-order valence-corrected chi connectivity index (χ4v) is 1.46. The van der Waals surface area contributed by atoms with Crippen LogP contribution in [-0.2, 0) is 4.79 Å². The van der Waals surface area contributed by atoms with Gasteiger partial charge in [0.2, 0.25) is 5.91 Å². The highest BCUT2D eigenvalue weighted by molar-refractivity contribution is 6.04. The van der Waals surface area contributed by atoms with Gasteiger partial charge in [0.05, 0.1) is 11.9 Å². The van der Waals surface area contributed by atoms with Crippen LogP contribution in [0.25, 0.3) is 11.0 Å². The van der Waals surface area contributed by atoms with Gasteiger partial charge in [-0.15, -0.1) is 0 Å². The number of rotatable bonds is 2. The summed E-state index contributed by atoms with van der Waals surface area (Å²) < 4.78 is 5.24. The SMILES string of the molecule is NCC(=O)NC(=O)c1cc(=O)c2ccccc2o1. The highest BCUT2D eigenvalue weighted by Crippen LogP contribution is 2.11. The fourth-order valence-electron chi connectivity index (χ4n) is 1.46. The lowest BCUT2D eigenvalue weighted by molar-refractivity contribution is -0.118. The maximum atomic E-state index is 11.7. The monoisotopic (exact) mass is 246 g/mol. The van der Waals surface area contributed by atoms with Crippen molar-refractivity contribution in [3.8, 4) is 0 Å². The number of carbonyl (C=O) groups excluding carboxylic acids is 2. The molecule has 0 aliphatic rings. The molecule has 0 unspecified atom stereocenters. The summed E-state index contributed by atoms with van der Waals surface area (Å²) in [4.78, 5) is 34.3. The molecular formula is C12H10N2O4. The molecule has 2 amide bonds. The minimum Gasteiger partial charge on any atom is -0.451 e. The van der Waals surface area contributed by atoms with Crippen molar-refractivity contribution in [1.82, 2.24) is 5.32 Å². The number of para-hydroxylation sites is 1. The van der Waals surface area contributed by atoms with Gasteiger partial charge >= 0.3 is 0 Å². The minimum absolute atomic E-state index is 0.222. The molecule has 6 nitrogen and oxygen atoms in total. The number of hydrogen-bond acceptors (Lipinski definition) is 5. The predicted octanol–water partition coefficient (Wildman–Crippen LogP) is 0.00810. The third-order valence-electron chi connectivity index (χ3n) is 2.30. The van der Waals surface area contributed by atoms with Crippen molar-refractivity contribution in [3.63, 3.8) is 0 Å². The zero-order chi connectivity index (χ0) is 13.1. The summed E-state index contributed by atoms with van der Waals surface area (Å²) >= 11 is 0. The van der Waals surface area contributed by atoms with Crippen LogP contribution in [0.5, 0.6) is 0 Å². The van der Waals surface area contributed by atoms with E-state index in [2.05, 4.69) is 0 Å². The average Bonchev–Trinajstić information content (AvgIpc) is 2.38. The fraction of sp³-hybridized carbons (Fsp3) is 0.0833. The molecule has 6 heteroatoms.